The minimum Gasteiger partial charge on any atom is -0.480 e. The van der Waals surface area contributed by atoms with Crippen molar-refractivity contribution in [3.05, 3.63) is 77.9 Å². The van der Waals surface area contributed by atoms with Crippen molar-refractivity contribution in [1.82, 2.24) is 20.6 Å². The topological polar surface area (TPSA) is 133 Å². The largest absolute Gasteiger partial charge is 0.480 e. The van der Waals surface area contributed by atoms with Crippen molar-refractivity contribution < 1.29 is 24.2 Å². The molecule has 1 aromatic heterocycles. The summed E-state index contributed by atoms with van der Waals surface area (Å²) in [7, 11) is 0. The van der Waals surface area contributed by atoms with Gasteiger partial charge < -0.3 is 25.5 Å². The minimum absolute atomic E-state index is 0.0977. The van der Waals surface area contributed by atoms with Crippen LogP contribution < -0.4 is 10.6 Å². The van der Waals surface area contributed by atoms with E-state index in [2.05, 4.69) is 20.6 Å². The lowest BCUT2D eigenvalue weighted by molar-refractivity contribution is -0.143. The zero-order chi connectivity index (χ0) is 24.9. The molecule has 2 atom stereocenters. The summed E-state index contributed by atoms with van der Waals surface area (Å²) in [5, 5.41) is 14.5. The molecule has 0 radical (unpaired) electrons. The number of aromatic nitrogens is 2. The third kappa shape index (κ3) is 5.34. The van der Waals surface area contributed by atoms with Crippen molar-refractivity contribution >= 4 is 18.0 Å². The number of aliphatic carboxylic acids is 1. The lowest BCUT2D eigenvalue weighted by Gasteiger charge is -2.23. The molecule has 1 aliphatic carbocycles. The van der Waals surface area contributed by atoms with Crippen molar-refractivity contribution in [1.29, 1.82) is 0 Å². The quantitative estimate of drug-likeness (QED) is 0.375. The normalized spacial score (nSPS) is 14.0. The van der Waals surface area contributed by atoms with Crippen LogP contribution in [0.25, 0.3) is 11.1 Å². The molecule has 0 saturated carbocycles. The van der Waals surface area contributed by atoms with Crippen LogP contribution in [-0.2, 0) is 20.7 Å². The van der Waals surface area contributed by atoms with Gasteiger partial charge in [0.05, 0.1) is 6.33 Å². The Labute approximate surface area is 202 Å². The molecule has 9 nitrogen and oxygen atoms in total. The molecule has 0 fully saturated rings. The molecule has 182 valence electrons. The van der Waals surface area contributed by atoms with Gasteiger partial charge in [0.15, 0.2) is 0 Å². The van der Waals surface area contributed by atoms with Gasteiger partial charge in [-0.3, -0.25) is 4.79 Å². The highest BCUT2D eigenvalue weighted by Crippen LogP contribution is 2.44. The summed E-state index contributed by atoms with van der Waals surface area (Å²) in [6.45, 7) is 3.49. The van der Waals surface area contributed by atoms with E-state index in [4.69, 9.17) is 4.74 Å². The number of alkyl carbamates (subject to hydrolysis) is 1. The summed E-state index contributed by atoms with van der Waals surface area (Å²) in [5.74, 6) is -2.21. The number of rotatable bonds is 9. The lowest BCUT2D eigenvalue weighted by Crippen LogP contribution is -2.54. The Bertz CT molecular complexity index is 1160. The van der Waals surface area contributed by atoms with Gasteiger partial charge in [-0.15, -0.1) is 0 Å². The van der Waals surface area contributed by atoms with Gasteiger partial charge in [-0.1, -0.05) is 62.4 Å². The molecular weight excluding hydrogens is 448 g/mol. The van der Waals surface area contributed by atoms with Gasteiger partial charge in [0.2, 0.25) is 5.91 Å². The predicted octanol–water partition coefficient (Wildman–Crippen LogP) is 3.08. The molecule has 0 spiro atoms. The minimum atomic E-state index is -1.14. The molecule has 2 unspecified atom stereocenters. The molecule has 4 rings (SSSR count). The molecule has 9 heteroatoms. The smallest absolute Gasteiger partial charge is 0.407 e. The van der Waals surface area contributed by atoms with Gasteiger partial charge in [0, 0.05) is 24.2 Å². The van der Waals surface area contributed by atoms with E-state index >= 15 is 0 Å². The number of H-pyrrole nitrogens is 1. The first-order valence-corrected chi connectivity index (χ1v) is 11.5. The van der Waals surface area contributed by atoms with Gasteiger partial charge in [0.1, 0.15) is 18.7 Å². The molecule has 2 aromatic carbocycles. The van der Waals surface area contributed by atoms with Crippen molar-refractivity contribution in [3.8, 4) is 11.1 Å². The maximum atomic E-state index is 12.9. The van der Waals surface area contributed by atoms with Crippen LogP contribution in [0, 0.1) is 5.92 Å². The monoisotopic (exact) mass is 476 g/mol. The SMILES string of the molecule is CC(C)C(NC(=O)C(Cc1cnc[nH]1)NC(=O)OCC1c2ccccc2-c2ccccc21)C(=O)O. The first-order chi connectivity index (χ1) is 16.8. The number of fused-ring (bicyclic) bond motifs is 3. The average molecular weight is 477 g/mol. The third-order valence-electron chi connectivity index (χ3n) is 6.16. The predicted molar refractivity (Wildman–Crippen MR) is 129 cm³/mol. The second-order valence-electron chi connectivity index (χ2n) is 8.87. The van der Waals surface area contributed by atoms with Crippen LogP contribution in [0.15, 0.2) is 61.1 Å². The van der Waals surface area contributed by atoms with Crippen LogP contribution in [0.1, 0.15) is 36.6 Å². The summed E-state index contributed by atoms with van der Waals surface area (Å²) in [5.41, 5.74) is 4.99. The summed E-state index contributed by atoms with van der Waals surface area (Å²) < 4.78 is 5.57. The highest BCUT2D eigenvalue weighted by molar-refractivity contribution is 5.89. The van der Waals surface area contributed by atoms with Crippen molar-refractivity contribution in [2.75, 3.05) is 6.61 Å². The van der Waals surface area contributed by atoms with Crippen LogP contribution in [-0.4, -0.2) is 51.7 Å². The molecule has 4 N–H and O–H groups in total. The van der Waals surface area contributed by atoms with Crippen LogP contribution >= 0.6 is 0 Å². The van der Waals surface area contributed by atoms with E-state index in [1.54, 1.807) is 13.8 Å². The van der Waals surface area contributed by atoms with Crippen LogP contribution in [0.2, 0.25) is 0 Å². The number of nitrogens with zero attached hydrogens (tertiary/aromatic N) is 1. The fourth-order valence-electron chi connectivity index (χ4n) is 4.38. The molecule has 0 aliphatic heterocycles. The summed E-state index contributed by atoms with van der Waals surface area (Å²) in [6.07, 6.45) is 2.34. The maximum absolute atomic E-state index is 12.9. The fourth-order valence-corrected chi connectivity index (χ4v) is 4.38. The molecule has 3 aromatic rings. The van der Waals surface area contributed by atoms with E-state index in [0.717, 1.165) is 22.3 Å². The number of imidazole rings is 1. The van der Waals surface area contributed by atoms with E-state index in [1.807, 2.05) is 48.5 Å². The Kier molecular flexibility index (Phi) is 7.14. The lowest BCUT2D eigenvalue weighted by atomic mass is 9.98. The Morgan fingerprint density at radius 1 is 1.03 bits per heavy atom. The average Bonchev–Trinajstić information content (AvgIpc) is 3.46. The number of hydrogen-bond acceptors (Lipinski definition) is 5. The first-order valence-electron chi connectivity index (χ1n) is 11.5. The molecule has 35 heavy (non-hydrogen) atoms. The molecular formula is C26H28N4O5. The number of carbonyl (C=O) groups is 3. The maximum Gasteiger partial charge on any atom is 0.407 e. The second-order valence-corrected chi connectivity index (χ2v) is 8.87. The number of carboxylic acid groups (broad SMARTS) is 1. The Hall–Kier alpha value is -4.14. The zero-order valence-electron chi connectivity index (χ0n) is 19.5. The van der Waals surface area contributed by atoms with Crippen LogP contribution in [0.3, 0.4) is 0 Å². The highest BCUT2D eigenvalue weighted by atomic mass is 16.5. The number of benzene rings is 2. The second kappa shape index (κ2) is 10.4. The summed E-state index contributed by atoms with van der Waals surface area (Å²) in [4.78, 5) is 44.1. The summed E-state index contributed by atoms with van der Waals surface area (Å²) >= 11 is 0. The number of aromatic amines is 1. The van der Waals surface area contributed by atoms with E-state index < -0.39 is 30.1 Å². The number of amides is 2. The molecule has 1 heterocycles. The number of hydrogen-bond donors (Lipinski definition) is 4. The van der Waals surface area contributed by atoms with Gasteiger partial charge in [-0.25, -0.2) is 14.6 Å². The Balaban J connectivity index is 1.45. The van der Waals surface area contributed by atoms with Crippen molar-refractivity contribution in [2.45, 2.75) is 38.3 Å². The highest BCUT2D eigenvalue weighted by Gasteiger charge is 2.31. The molecule has 0 saturated heterocycles. The third-order valence-corrected chi connectivity index (χ3v) is 6.16. The first kappa shape index (κ1) is 24.0. The summed E-state index contributed by atoms with van der Waals surface area (Å²) in [6, 6.07) is 13.9. The van der Waals surface area contributed by atoms with Gasteiger partial charge in [-0.2, -0.15) is 0 Å². The standard InChI is InChI=1S/C26H28N4O5/c1-15(2)23(25(32)33)30-24(31)22(11-16-12-27-14-28-16)29-26(34)35-13-21-19-9-5-3-7-17(19)18-8-4-6-10-20(18)21/h3-10,12,14-15,21-23H,11,13H2,1-2H3,(H,27,28)(H,29,34)(H,30,31)(H,32,33). The Morgan fingerprint density at radius 2 is 1.66 bits per heavy atom. The van der Waals surface area contributed by atoms with E-state index in [0.29, 0.717) is 5.69 Å². The van der Waals surface area contributed by atoms with E-state index in [9.17, 15) is 19.5 Å². The van der Waals surface area contributed by atoms with Crippen molar-refractivity contribution in [3.63, 3.8) is 0 Å². The van der Waals surface area contributed by atoms with E-state index in [1.165, 1.54) is 12.5 Å². The zero-order valence-corrected chi connectivity index (χ0v) is 19.5. The molecule has 1 aliphatic rings. The number of carbonyl (C=O) groups excluding carboxylic acids is 2. The molecule has 2 amide bonds. The fraction of sp³-hybridized carbons (Fsp3) is 0.308. The Morgan fingerprint density at radius 3 is 2.20 bits per heavy atom. The van der Waals surface area contributed by atoms with Gasteiger partial charge in [-0.05, 0) is 28.2 Å². The number of carboxylic acids is 1. The van der Waals surface area contributed by atoms with Crippen LogP contribution in [0.5, 0.6) is 0 Å². The molecule has 0 bridgehead atoms. The van der Waals surface area contributed by atoms with Gasteiger partial charge >= 0.3 is 12.1 Å². The number of ether oxygens (including phenoxy) is 1. The number of nitrogens with one attached hydrogen (secondary N) is 3. The van der Waals surface area contributed by atoms with E-state index in [-0.39, 0.29) is 24.9 Å². The van der Waals surface area contributed by atoms with Crippen LogP contribution in [0.4, 0.5) is 4.79 Å². The van der Waals surface area contributed by atoms with Gasteiger partial charge in [0.25, 0.3) is 0 Å². The van der Waals surface area contributed by atoms with Crippen molar-refractivity contribution in [2.24, 2.45) is 5.92 Å².